The van der Waals surface area contributed by atoms with Gasteiger partial charge < -0.3 is 20.7 Å². The first-order chi connectivity index (χ1) is 17.0. The van der Waals surface area contributed by atoms with Gasteiger partial charge in [-0.1, -0.05) is 5.16 Å². The Labute approximate surface area is 207 Å². The second-order valence-corrected chi connectivity index (χ2v) is 10.5. The Hall–Kier alpha value is -4.37. The summed E-state index contributed by atoms with van der Waals surface area (Å²) in [5.41, 5.74) is 12.0. The Kier molecular flexibility index (Phi) is 7.96. The minimum Gasteiger partial charge on any atom is -0.481 e. The van der Waals surface area contributed by atoms with Crippen LogP contribution in [-0.2, 0) is 20.0 Å². The van der Waals surface area contributed by atoms with Crippen LogP contribution in [0.1, 0.15) is 5.76 Å². The number of benzene rings is 2. The van der Waals surface area contributed by atoms with Crippen molar-refractivity contribution in [3.05, 3.63) is 72.8 Å². The molecule has 0 aliphatic rings. The fraction of sp³-hybridized carbons (Fsp3) is 0.0952. The molecule has 2 aromatic heterocycles. The zero-order valence-corrected chi connectivity index (χ0v) is 20.7. The Balaban J connectivity index is 0.000000202. The highest BCUT2D eigenvalue weighted by molar-refractivity contribution is 7.93. The number of aryl methyl sites for hydroxylation is 1. The zero-order chi connectivity index (χ0) is 26.3. The van der Waals surface area contributed by atoms with E-state index >= 15 is 0 Å². The minimum atomic E-state index is -3.71. The van der Waals surface area contributed by atoms with Gasteiger partial charge in [-0.15, -0.1) is 0 Å². The fourth-order valence-corrected chi connectivity index (χ4v) is 4.59. The predicted octanol–water partition coefficient (Wildman–Crippen LogP) is 2.23. The van der Waals surface area contributed by atoms with E-state index in [9.17, 15) is 16.8 Å². The molecule has 2 aromatic carbocycles. The summed E-state index contributed by atoms with van der Waals surface area (Å²) >= 11 is 0. The lowest BCUT2D eigenvalue weighted by molar-refractivity contribution is 0.397. The average Bonchev–Trinajstić information content (AvgIpc) is 3.23. The summed E-state index contributed by atoms with van der Waals surface area (Å²) in [6.45, 7) is 1.67. The normalized spacial score (nSPS) is 11.2. The van der Waals surface area contributed by atoms with E-state index in [1.807, 2.05) is 0 Å². The first-order valence-electron chi connectivity index (χ1n) is 10.0. The lowest BCUT2D eigenvalue weighted by Crippen LogP contribution is -2.14. The number of ether oxygens (including phenoxy) is 1. The number of nitrogens with one attached hydrogen (secondary N) is 2. The zero-order valence-electron chi connectivity index (χ0n) is 19.1. The van der Waals surface area contributed by atoms with Gasteiger partial charge in [0, 0.05) is 23.5 Å². The van der Waals surface area contributed by atoms with Gasteiger partial charge in [0.25, 0.3) is 20.0 Å². The number of methoxy groups -OCH3 is 1. The Bertz CT molecular complexity index is 1520. The van der Waals surface area contributed by atoms with E-state index < -0.39 is 20.0 Å². The molecule has 0 aliphatic carbocycles. The van der Waals surface area contributed by atoms with Crippen LogP contribution < -0.4 is 25.6 Å². The molecule has 0 fully saturated rings. The molecule has 0 atom stereocenters. The van der Waals surface area contributed by atoms with Crippen LogP contribution in [0.3, 0.4) is 0 Å². The van der Waals surface area contributed by atoms with Gasteiger partial charge in [-0.3, -0.25) is 9.44 Å². The largest absolute Gasteiger partial charge is 0.481 e. The number of aromatic nitrogens is 3. The lowest BCUT2D eigenvalue weighted by atomic mass is 10.3. The van der Waals surface area contributed by atoms with E-state index in [0.717, 1.165) is 0 Å². The standard InChI is InChI=1S/C11H12N4O3S.C10H11N3O3S/c1-18-11-6-10(13-7-14-11)15-19(16,17)9-4-2-8(12)3-5-9;1-7-6-10(12-16-7)13-17(14,15)9-4-2-8(11)3-5-9/h2-7H,12H2,1H3,(H,13,14,15);2-6H,11H2,1H3,(H,12,13). The minimum absolute atomic E-state index is 0.0966. The highest BCUT2D eigenvalue weighted by Gasteiger charge is 2.16. The summed E-state index contributed by atoms with van der Waals surface area (Å²) in [4.78, 5) is 7.81. The van der Waals surface area contributed by atoms with Crippen LogP contribution in [0.25, 0.3) is 0 Å². The van der Waals surface area contributed by atoms with E-state index in [2.05, 4.69) is 24.6 Å². The van der Waals surface area contributed by atoms with Crippen LogP contribution in [0.15, 0.2) is 81.3 Å². The molecule has 0 aliphatic heterocycles. The third-order valence-electron chi connectivity index (χ3n) is 4.34. The number of nitrogens with zero attached hydrogens (tertiary/aromatic N) is 3. The topological polar surface area (TPSA) is 205 Å². The average molecular weight is 534 g/mol. The van der Waals surface area contributed by atoms with Crippen LogP contribution in [0.4, 0.5) is 23.0 Å². The third kappa shape index (κ3) is 7.07. The van der Waals surface area contributed by atoms with Crippen LogP contribution in [0.2, 0.25) is 0 Å². The van der Waals surface area contributed by atoms with Gasteiger partial charge in [0.1, 0.15) is 17.9 Å². The molecule has 2 heterocycles. The number of nitrogen functional groups attached to an aromatic ring is 2. The predicted molar refractivity (Wildman–Crippen MR) is 133 cm³/mol. The lowest BCUT2D eigenvalue weighted by Gasteiger charge is -2.08. The van der Waals surface area contributed by atoms with Crippen LogP contribution in [-0.4, -0.2) is 39.1 Å². The maximum atomic E-state index is 12.1. The number of rotatable bonds is 7. The summed E-state index contributed by atoms with van der Waals surface area (Å²) in [6.07, 6.45) is 1.21. The molecule has 13 nitrogen and oxygen atoms in total. The van der Waals surface area contributed by atoms with Crippen molar-refractivity contribution in [3.8, 4) is 5.88 Å². The molecule has 0 saturated heterocycles. The Morgan fingerprint density at radius 1 is 0.778 bits per heavy atom. The highest BCUT2D eigenvalue weighted by atomic mass is 32.2. The van der Waals surface area contributed by atoms with E-state index in [0.29, 0.717) is 17.1 Å². The van der Waals surface area contributed by atoms with E-state index in [-0.39, 0.29) is 27.3 Å². The molecule has 0 spiro atoms. The summed E-state index contributed by atoms with van der Waals surface area (Å²) < 4.78 is 62.2. The van der Waals surface area contributed by atoms with Crippen molar-refractivity contribution in [2.24, 2.45) is 0 Å². The van der Waals surface area contributed by atoms with E-state index in [1.165, 1.54) is 74.1 Å². The van der Waals surface area contributed by atoms with Crippen LogP contribution in [0.5, 0.6) is 5.88 Å². The smallest absolute Gasteiger partial charge is 0.263 e. The molecule has 6 N–H and O–H groups in total. The van der Waals surface area contributed by atoms with Crippen molar-refractivity contribution in [2.45, 2.75) is 16.7 Å². The van der Waals surface area contributed by atoms with Crippen molar-refractivity contribution in [1.82, 2.24) is 15.1 Å². The summed E-state index contributed by atoms with van der Waals surface area (Å²) in [5.74, 6) is 1.08. The van der Waals surface area contributed by atoms with Gasteiger partial charge >= 0.3 is 0 Å². The van der Waals surface area contributed by atoms with Gasteiger partial charge in [-0.05, 0) is 55.5 Å². The van der Waals surface area contributed by atoms with Crippen molar-refractivity contribution in [2.75, 3.05) is 28.0 Å². The first-order valence-corrected chi connectivity index (χ1v) is 13.0. The fourth-order valence-electron chi connectivity index (χ4n) is 2.61. The molecule has 4 aromatic rings. The van der Waals surface area contributed by atoms with Crippen molar-refractivity contribution in [1.29, 1.82) is 0 Å². The first kappa shape index (κ1) is 26.2. The maximum absolute atomic E-state index is 12.1. The number of nitrogens with two attached hydrogens (primary N) is 2. The molecule has 0 saturated carbocycles. The molecule has 15 heteroatoms. The number of hydrogen-bond acceptors (Lipinski definition) is 11. The molecule has 0 amide bonds. The summed E-state index contributed by atoms with van der Waals surface area (Å²) in [7, 11) is -5.92. The van der Waals surface area contributed by atoms with Gasteiger partial charge in [0.15, 0.2) is 5.82 Å². The number of hydrogen-bond donors (Lipinski definition) is 4. The van der Waals surface area contributed by atoms with Crippen molar-refractivity contribution in [3.63, 3.8) is 0 Å². The molecule has 0 unspecified atom stereocenters. The molecule has 36 heavy (non-hydrogen) atoms. The SMILES string of the molecule is COc1cc(NS(=O)(=O)c2ccc(N)cc2)ncn1.Cc1cc(NS(=O)(=O)c2ccc(N)cc2)no1. The van der Waals surface area contributed by atoms with E-state index in [1.54, 1.807) is 6.92 Å². The quantitative estimate of drug-likeness (QED) is 0.253. The summed E-state index contributed by atoms with van der Waals surface area (Å²) in [6, 6.07) is 14.6. The van der Waals surface area contributed by atoms with Gasteiger partial charge in [-0.25, -0.2) is 26.8 Å². The monoisotopic (exact) mass is 533 g/mol. The highest BCUT2D eigenvalue weighted by Crippen LogP contribution is 2.18. The molecule has 190 valence electrons. The molecule has 0 radical (unpaired) electrons. The Morgan fingerprint density at radius 3 is 1.72 bits per heavy atom. The van der Waals surface area contributed by atoms with Crippen LogP contribution >= 0.6 is 0 Å². The van der Waals surface area contributed by atoms with Gasteiger partial charge in [0.05, 0.1) is 16.9 Å². The molecule has 4 rings (SSSR count). The Morgan fingerprint density at radius 2 is 1.28 bits per heavy atom. The second-order valence-electron chi connectivity index (χ2n) is 7.12. The third-order valence-corrected chi connectivity index (χ3v) is 7.08. The van der Waals surface area contributed by atoms with Crippen LogP contribution in [0, 0.1) is 6.92 Å². The molecular formula is C21H23N7O6S2. The molecule has 0 bridgehead atoms. The number of sulfonamides is 2. The second kappa shape index (κ2) is 10.9. The summed E-state index contributed by atoms with van der Waals surface area (Å²) in [5, 5.41) is 3.55. The van der Waals surface area contributed by atoms with E-state index in [4.69, 9.17) is 20.7 Å². The van der Waals surface area contributed by atoms with Crippen molar-refractivity contribution < 1.29 is 26.1 Å². The maximum Gasteiger partial charge on any atom is 0.263 e. The number of anilines is 4. The van der Waals surface area contributed by atoms with Crippen molar-refractivity contribution >= 4 is 43.1 Å². The molecular weight excluding hydrogens is 510 g/mol. The van der Waals surface area contributed by atoms with Gasteiger partial charge in [-0.2, -0.15) is 0 Å². The van der Waals surface area contributed by atoms with Gasteiger partial charge in [0.2, 0.25) is 5.88 Å².